The van der Waals surface area contributed by atoms with Crippen molar-refractivity contribution in [1.29, 1.82) is 0 Å². The first-order valence-corrected chi connectivity index (χ1v) is 9.23. The van der Waals surface area contributed by atoms with E-state index in [1.807, 2.05) is 6.92 Å². The van der Waals surface area contributed by atoms with Crippen LogP contribution in [0.5, 0.6) is 5.75 Å². The molecule has 1 saturated carbocycles. The molecule has 1 aliphatic carbocycles. The Bertz CT molecular complexity index is 756. The second-order valence-electron chi connectivity index (χ2n) is 7.15. The van der Waals surface area contributed by atoms with Crippen molar-refractivity contribution in [3.8, 4) is 5.75 Å². The molecule has 1 saturated heterocycles. The Hall–Kier alpha value is -2.08. The third-order valence-electron chi connectivity index (χ3n) is 5.36. The number of amides is 3. The summed E-state index contributed by atoms with van der Waals surface area (Å²) in [5.41, 5.74) is 0.674. The number of benzene rings is 1. The van der Waals surface area contributed by atoms with Crippen molar-refractivity contribution in [1.82, 2.24) is 4.90 Å². The second kappa shape index (κ2) is 7.27. The summed E-state index contributed by atoms with van der Waals surface area (Å²) in [6.45, 7) is 1.54. The maximum Gasteiger partial charge on any atom is 0.244 e. The Morgan fingerprint density at radius 1 is 1.27 bits per heavy atom. The Morgan fingerprint density at radius 3 is 2.62 bits per heavy atom. The third kappa shape index (κ3) is 3.43. The normalized spacial score (nSPS) is 19.1. The molecule has 26 heavy (non-hydrogen) atoms. The number of hydrogen-bond acceptors (Lipinski definition) is 4. The Balaban J connectivity index is 1.71. The van der Waals surface area contributed by atoms with Crippen molar-refractivity contribution in [2.45, 2.75) is 45.4 Å². The number of hydrogen-bond donors (Lipinski definition) is 1. The molecule has 1 aromatic rings. The van der Waals surface area contributed by atoms with Crippen molar-refractivity contribution >= 4 is 35.0 Å². The van der Waals surface area contributed by atoms with Crippen LogP contribution in [0.4, 0.5) is 5.69 Å². The van der Waals surface area contributed by atoms with Gasteiger partial charge in [0.15, 0.2) is 0 Å². The van der Waals surface area contributed by atoms with Crippen molar-refractivity contribution in [3.05, 3.63) is 22.7 Å². The predicted molar refractivity (Wildman–Crippen MR) is 98.2 cm³/mol. The lowest BCUT2D eigenvalue weighted by atomic mass is 9.73. The summed E-state index contributed by atoms with van der Waals surface area (Å²) < 4.78 is 5.24. The van der Waals surface area contributed by atoms with Crippen LogP contribution in [0, 0.1) is 12.3 Å². The molecule has 3 amide bonds. The van der Waals surface area contributed by atoms with Crippen LogP contribution in [0.1, 0.15) is 44.1 Å². The molecule has 6 nitrogen and oxygen atoms in total. The Morgan fingerprint density at radius 2 is 1.96 bits per heavy atom. The number of halogens is 1. The monoisotopic (exact) mass is 378 g/mol. The van der Waals surface area contributed by atoms with Gasteiger partial charge < -0.3 is 10.1 Å². The predicted octanol–water partition coefficient (Wildman–Crippen LogP) is 3.30. The van der Waals surface area contributed by atoms with Gasteiger partial charge in [-0.05, 0) is 31.4 Å². The van der Waals surface area contributed by atoms with Gasteiger partial charge in [0.1, 0.15) is 12.3 Å². The fraction of sp³-hybridized carbons (Fsp3) is 0.526. The van der Waals surface area contributed by atoms with Crippen LogP contribution < -0.4 is 10.1 Å². The van der Waals surface area contributed by atoms with Gasteiger partial charge in [-0.25, -0.2) is 0 Å². The number of carbonyl (C=O) groups is 3. The second-order valence-corrected chi connectivity index (χ2v) is 7.56. The molecule has 3 rings (SSSR count). The van der Waals surface area contributed by atoms with Gasteiger partial charge in [-0.2, -0.15) is 0 Å². The van der Waals surface area contributed by atoms with Crippen LogP contribution in [0.25, 0.3) is 0 Å². The minimum absolute atomic E-state index is 0.198. The van der Waals surface area contributed by atoms with Crippen LogP contribution in [-0.4, -0.2) is 36.3 Å². The molecule has 1 aromatic carbocycles. The van der Waals surface area contributed by atoms with E-state index in [2.05, 4.69) is 5.32 Å². The summed E-state index contributed by atoms with van der Waals surface area (Å²) in [6, 6.07) is 3.32. The highest BCUT2D eigenvalue weighted by Gasteiger charge is 2.51. The van der Waals surface area contributed by atoms with E-state index in [4.69, 9.17) is 16.3 Å². The van der Waals surface area contributed by atoms with Gasteiger partial charge in [0.25, 0.3) is 0 Å². The lowest BCUT2D eigenvalue weighted by Crippen LogP contribution is -2.41. The van der Waals surface area contributed by atoms with Crippen LogP contribution in [-0.2, 0) is 14.4 Å². The zero-order valence-corrected chi connectivity index (χ0v) is 15.8. The molecular formula is C19H23ClN2O4. The van der Waals surface area contributed by atoms with Gasteiger partial charge in [-0.1, -0.05) is 30.9 Å². The minimum Gasteiger partial charge on any atom is -0.495 e. The fourth-order valence-electron chi connectivity index (χ4n) is 3.90. The van der Waals surface area contributed by atoms with Crippen molar-refractivity contribution in [2.24, 2.45) is 5.41 Å². The first-order valence-electron chi connectivity index (χ1n) is 8.85. The number of nitrogens with zero attached hydrogens (tertiary/aromatic N) is 1. The summed E-state index contributed by atoms with van der Waals surface area (Å²) in [7, 11) is 1.48. The highest BCUT2D eigenvalue weighted by atomic mass is 35.5. The average molecular weight is 379 g/mol. The molecule has 1 spiro atoms. The van der Waals surface area contributed by atoms with Crippen LogP contribution in [0.3, 0.4) is 0 Å². The van der Waals surface area contributed by atoms with E-state index < -0.39 is 11.3 Å². The molecule has 1 aliphatic heterocycles. The van der Waals surface area contributed by atoms with E-state index in [0.717, 1.165) is 42.6 Å². The SMILES string of the molecule is COc1cc(Cl)c(C)cc1NC(=O)CN1C(=O)CC2(CCCCC2)C1=O. The number of ether oxygens (including phenoxy) is 1. The highest BCUT2D eigenvalue weighted by Crippen LogP contribution is 2.45. The van der Waals surface area contributed by atoms with E-state index in [9.17, 15) is 14.4 Å². The van der Waals surface area contributed by atoms with E-state index in [0.29, 0.717) is 16.5 Å². The summed E-state index contributed by atoms with van der Waals surface area (Å²) in [4.78, 5) is 38.7. The largest absolute Gasteiger partial charge is 0.495 e. The number of methoxy groups -OCH3 is 1. The van der Waals surface area contributed by atoms with Gasteiger partial charge in [0.2, 0.25) is 17.7 Å². The molecule has 0 radical (unpaired) electrons. The van der Waals surface area contributed by atoms with E-state index in [-0.39, 0.29) is 24.8 Å². The number of aryl methyl sites for hydroxylation is 1. The number of anilines is 1. The molecular weight excluding hydrogens is 356 g/mol. The summed E-state index contributed by atoms with van der Waals surface area (Å²) in [6.07, 6.45) is 4.71. The van der Waals surface area contributed by atoms with Gasteiger partial charge in [-0.3, -0.25) is 19.3 Å². The van der Waals surface area contributed by atoms with Crippen LogP contribution in [0.2, 0.25) is 5.02 Å². The fourth-order valence-corrected chi connectivity index (χ4v) is 4.06. The number of carbonyl (C=O) groups excluding carboxylic acids is 3. The van der Waals surface area contributed by atoms with Crippen molar-refractivity contribution in [3.63, 3.8) is 0 Å². The van der Waals surface area contributed by atoms with E-state index in [1.54, 1.807) is 12.1 Å². The smallest absolute Gasteiger partial charge is 0.244 e. The van der Waals surface area contributed by atoms with E-state index in [1.165, 1.54) is 7.11 Å². The molecule has 2 aliphatic rings. The topological polar surface area (TPSA) is 75.7 Å². The molecule has 0 atom stereocenters. The number of nitrogens with one attached hydrogen (secondary N) is 1. The van der Waals surface area contributed by atoms with Crippen LogP contribution >= 0.6 is 11.6 Å². The number of rotatable bonds is 4. The molecule has 0 bridgehead atoms. The van der Waals surface area contributed by atoms with Gasteiger partial charge in [0, 0.05) is 17.5 Å². The lowest BCUT2D eigenvalue weighted by Gasteiger charge is -2.30. The summed E-state index contributed by atoms with van der Waals surface area (Å²) in [5, 5.41) is 3.25. The summed E-state index contributed by atoms with van der Waals surface area (Å²) in [5.74, 6) is -0.459. The number of imide groups is 1. The van der Waals surface area contributed by atoms with Crippen molar-refractivity contribution < 1.29 is 19.1 Å². The lowest BCUT2D eigenvalue weighted by molar-refractivity contribution is -0.144. The maximum atomic E-state index is 12.8. The molecule has 0 aromatic heterocycles. The summed E-state index contributed by atoms with van der Waals surface area (Å²) >= 11 is 6.07. The molecule has 1 heterocycles. The molecule has 2 fully saturated rings. The average Bonchev–Trinajstić information content (AvgIpc) is 2.82. The first-order chi connectivity index (χ1) is 12.4. The molecule has 140 valence electrons. The zero-order chi connectivity index (χ0) is 18.9. The Labute approximate surface area is 157 Å². The first kappa shape index (κ1) is 18.7. The van der Waals surface area contributed by atoms with E-state index >= 15 is 0 Å². The molecule has 1 N–H and O–H groups in total. The minimum atomic E-state index is -0.579. The van der Waals surface area contributed by atoms with Gasteiger partial charge >= 0.3 is 0 Å². The highest BCUT2D eigenvalue weighted by molar-refractivity contribution is 6.31. The van der Waals surface area contributed by atoms with Gasteiger partial charge in [-0.15, -0.1) is 0 Å². The van der Waals surface area contributed by atoms with Crippen molar-refractivity contribution in [2.75, 3.05) is 19.0 Å². The number of likely N-dealkylation sites (tertiary alicyclic amines) is 1. The Kier molecular flexibility index (Phi) is 5.23. The quantitative estimate of drug-likeness (QED) is 0.815. The standard InChI is InChI=1S/C19H23ClN2O4/c1-12-8-14(15(26-2)9-13(12)20)21-16(23)11-22-17(24)10-19(18(22)25)6-4-3-5-7-19/h8-9H,3-7,10-11H2,1-2H3,(H,21,23). The van der Waals surface area contributed by atoms with Crippen LogP contribution in [0.15, 0.2) is 12.1 Å². The zero-order valence-electron chi connectivity index (χ0n) is 15.1. The maximum absolute atomic E-state index is 12.8. The van der Waals surface area contributed by atoms with Gasteiger partial charge in [0.05, 0.1) is 18.2 Å². The third-order valence-corrected chi connectivity index (χ3v) is 5.76. The molecule has 0 unspecified atom stereocenters. The molecule has 7 heteroatoms.